The average Bonchev–Trinajstić information content (AvgIpc) is 3.26. The van der Waals surface area contributed by atoms with Gasteiger partial charge in [-0.1, -0.05) is 290 Å². The van der Waals surface area contributed by atoms with Gasteiger partial charge in [0.15, 0.2) is 11.4 Å². The Morgan fingerprint density at radius 2 is 0.639 bits per heavy atom. The molecule has 0 aromatic rings. The van der Waals surface area contributed by atoms with E-state index in [2.05, 4.69) is 32.9 Å². The Balaban J connectivity index is 4.49. The molecule has 0 bridgehead atoms. The Morgan fingerprint density at radius 3 is 0.967 bits per heavy atom. The normalized spacial score (nSPS) is 13.9. The zero-order chi connectivity index (χ0) is 44.6. The second-order valence-corrected chi connectivity index (χ2v) is 19.8. The number of carbonyl (C=O) groups is 1. The lowest BCUT2D eigenvalue weighted by Gasteiger charge is -2.34. The van der Waals surface area contributed by atoms with Crippen molar-refractivity contribution >= 4 is 5.78 Å². The molecular weight excluding hydrogens is 749 g/mol. The van der Waals surface area contributed by atoms with Crippen molar-refractivity contribution in [2.24, 2.45) is 0 Å². The summed E-state index contributed by atoms with van der Waals surface area (Å²) in [5.41, 5.74) is -1.84. The van der Waals surface area contributed by atoms with Gasteiger partial charge in [-0.25, -0.2) is 0 Å². The zero-order valence-electron chi connectivity index (χ0n) is 42.0. The van der Waals surface area contributed by atoms with E-state index in [-0.39, 0.29) is 18.6 Å². The summed E-state index contributed by atoms with van der Waals surface area (Å²) in [6.45, 7) is 6.84. The van der Waals surface area contributed by atoms with Crippen LogP contribution < -0.4 is 0 Å². The van der Waals surface area contributed by atoms with Crippen molar-refractivity contribution in [2.45, 2.75) is 347 Å². The number of hydrogen-bond acceptors (Lipinski definition) is 4. The molecule has 0 aromatic carbocycles. The number of allylic oxidation sites excluding steroid dienone is 2. The third kappa shape index (κ3) is 40.5. The first kappa shape index (κ1) is 60.3. The molecule has 0 aliphatic carbocycles. The average molecular weight is 862 g/mol. The van der Waals surface area contributed by atoms with Crippen molar-refractivity contribution < 1.29 is 20.1 Å². The van der Waals surface area contributed by atoms with Crippen LogP contribution in [0.1, 0.15) is 329 Å². The lowest BCUT2D eigenvalue weighted by atomic mass is 9.80. The number of aliphatic hydroxyl groups excluding tert-OH is 2. The highest BCUT2D eigenvalue weighted by molar-refractivity contribution is 5.87. The van der Waals surface area contributed by atoms with Crippen LogP contribution in [0.5, 0.6) is 0 Å². The van der Waals surface area contributed by atoms with Crippen LogP contribution in [0.3, 0.4) is 0 Å². The van der Waals surface area contributed by atoms with Crippen molar-refractivity contribution in [3.63, 3.8) is 0 Å². The standard InChI is InChI=1S/C57H112O4/c1-4-7-10-13-16-19-22-25-28-31-33-36-39-42-45-48-51-54(58)56(60)57(61,53-50-47-44-41-38-35-32-29-26-23-20-17-14-11-8-5-2)55(59)52-49-46-43-40-37-34-30-27-24-21-18-15-12-9-6-3/h27,30,54,56,58,60-61H,4-26,28-29,31-53H2,1-3H3. The molecule has 4 nitrogen and oxygen atoms in total. The smallest absolute Gasteiger partial charge is 0.167 e. The van der Waals surface area contributed by atoms with Crippen molar-refractivity contribution in [3.05, 3.63) is 12.2 Å². The molecule has 0 fully saturated rings. The minimum atomic E-state index is -1.84. The number of aliphatic hydroxyl groups is 3. The van der Waals surface area contributed by atoms with Crippen molar-refractivity contribution in [1.82, 2.24) is 0 Å². The van der Waals surface area contributed by atoms with Crippen LogP contribution >= 0.6 is 0 Å². The lowest BCUT2D eigenvalue weighted by molar-refractivity contribution is -0.165. The summed E-state index contributed by atoms with van der Waals surface area (Å²) >= 11 is 0. The van der Waals surface area contributed by atoms with E-state index in [4.69, 9.17) is 0 Å². The molecule has 0 aromatic heterocycles. The van der Waals surface area contributed by atoms with Crippen LogP contribution in [0.25, 0.3) is 0 Å². The molecule has 3 N–H and O–H groups in total. The highest BCUT2D eigenvalue weighted by Gasteiger charge is 2.44. The van der Waals surface area contributed by atoms with Crippen LogP contribution in [0.15, 0.2) is 12.2 Å². The highest BCUT2D eigenvalue weighted by Crippen LogP contribution is 2.28. The molecular formula is C57H112O4. The van der Waals surface area contributed by atoms with Gasteiger partial charge in [-0.3, -0.25) is 4.79 Å². The second-order valence-electron chi connectivity index (χ2n) is 19.8. The fraction of sp³-hybridized carbons (Fsp3) is 0.947. The lowest BCUT2D eigenvalue weighted by Crippen LogP contribution is -2.54. The Hall–Kier alpha value is -0.710. The molecule has 4 heteroatoms. The molecule has 0 saturated carbocycles. The third-order valence-corrected chi connectivity index (χ3v) is 13.8. The summed E-state index contributed by atoms with van der Waals surface area (Å²) in [7, 11) is 0. The summed E-state index contributed by atoms with van der Waals surface area (Å²) in [4.78, 5) is 13.6. The molecule has 0 saturated heterocycles. The fourth-order valence-corrected chi connectivity index (χ4v) is 9.35. The van der Waals surface area contributed by atoms with Gasteiger partial charge < -0.3 is 15.3 Å². The molecule has 0 aliphatic heterocycles. The first-order valence-electron chi connectivity index (χ1n) is 28.2. The number of hydrogen-bond donors (Lipinski definition) is 3. The van der Waals surface area contributed by atoms with Gasteiger partial charge >= 0.3 is 0 Å². The summed E-state index contributed by atoms with van der Waals surface area (Å²) in [6, 6.07) is 0. The van der Waals surface area contributed by atoms with Crippen LogP contribution in [-0.2, 0) is 4.79 Å². The zero-order valence-corrected chi connectivity index (χ0v) is 42.0. The van der Waals surface area contributed by atoms with E-state index in [1.165, 1.54) is 225 Å². The van der Waals surface area contributed by atoms with E-state index in [9.17, 15) is 20.1 Å². The second kappa shape index (κ2) is 48.7. The maximum absolute atomic E-state index is 13.6. The molecule has 0 radical (unpaired) electrons. The molecule has 3 unspecified atom stereocenters. The number of rotatable bonds is 52. The molecule has 0 aliphatic rings. The van der Waals surface area contributed by atoms with E-state index >= 15 is 0 Å². The molecule has 0 spiro atoms. The third-order valence-electron chi connectivity index (χ3n) is 13.8. The molecule has 0 heterocycles. The van der Waals surface area contributed by atoms with Gasteiger partial charge in [0.1, 0.15) is 6.10 Å². The molecule has 0 rings (SSSR count). The van der Waals surface area contributed by atoms with Crippen molar-refractivity contribution in [1.29, 1.82) is 0 Å². The van der Waals surface area contributed by atoms with Gasteiger partial charge in [-0.05, 0) is 44.9 Å². The summed E-state index contributed by atoms with van der Waals surface area (Å²) in [5, 5.41) is 34.3. The minimum absolute atomic E-state index is 0.256. The first-order valence-corrected chi connectivity index (χ1v) is 28.2. The van der Waals surface area contributed by atoms with Crippen LogP contribution in [0, 0.1) is 0 Å². The summed E-state index contributed by atoms with van der Waals surface area (Å²) in [6.07, 6.45) is 60.0. The van der Waals surface area contributed by atoms with Gasteiger partial charge in [-0.2, -0.15) is 0 Å². The van der Waals surface area contributed by atoms with E-state index in [1.807, 2.05) is 0 Å². The van der Waals surface area contributed by atoms with Crippen LogP contribution in [-0.4, -0.2) is 38.9 Å². The van der Waals surface area contributed by atoms with Crippen LogP contribution in [0.2, 0.25) is 0 Å². The van der Waals surface area contributed by atoms with Gasteiger partial charge in [0.2, 0.25) is 0 Å². The highest BCUT2D eigenvalue weighted by atomic mass is 16.4. The SMILES string of the molecule is CCCCCCCCC=CCCCCCCCC(=O)C(O)(CCCCCCCCCCCCCCCCCC)C(O)C(O)CCCCCCCCCCCCCCCCCC. The quantitative estimate of drug-likeness (QED) is 0.0421. The van der Waals surface area contributed by atoms with E-state index < -0.39 is 17.8 Å². The topological polar surface area (TPSA) is 77.8 Å². The Labute approximate surface area is 383 Å². The summed E-state index contributed by atoms with van der Waals surface area (Å²) < 4.78 is 0. The maximum atomic E-state index is 13.6. The van der Waals surface area contributed by atoms with Crippen molar-refractivity contribution in [3.8, 4) is 0 Å². The minimum Gasteiger partial charge on any atom is -0.390 e. The number of unbranched alkanes of at least 4 members (excludes halogenated alkanes) is 41. The number of Topliss-reactive ketones (excluding diaryl/α,β-unsaturated/α-hetero) is 1. The predicted molar refractivity (Wildman–Crippen MR) is 270 cm³/mol. The fourth-order valence-electron chi connectivity index (χ4n) is 9.35. The Bertz CT molecular complexity index is 887. The molecule has 61 heavy (non-hydrogen) atoms. The van der Waals surface area contributed by atoms with Gasteiger partial charge in [0.05, 0.1) is 6.10 Å². The Kier molecular flexibility index (Phi) is 48.2. The predicted octanol–water partition coefficient (Wildman–Crippen LogP) is 18.3. The van der Waals surface area contributed by atoms with E-state index in [0.29, 0.717) is 6.42 Å². The Morgan fingerprint density at radius 1 is 0.377 bits per heavy atom. The molecule has 364 valence electrons. The summed E-state index contributed by atoms with van der Waals surface area (Å²) in [5.74, 6) is -0.260. The molecule has 3 atom stereocenters. The van der Waals surface area contributed by atoms with E-state index in [0.717, 1.165) is 64.2 Å². The molecule has 0 amide bonds. The van der Waals surface area contributed by atoms with Gasteiger partial charge in [0.25, 0.3) is 0 Å². The van der Waals surface area contributed by atoms with Gasteiger partial charge in [0, 0.05) is 6.42 Å². The van der Waals surface area contributed by atoms with Crippen molar-refractivity contribution in [2.75, 3.05) is 0 Å². The van der Waals surface area contributed by atoms with Gasteiger partial charge in [-0.15, -0.1) is 0 Å². The number of ketones is 1. The van der Waals surface area contributed by atoms with E-state index in [1.54, 1.807) is 0 Å². The maximum Gasteiger partial charge on any atom is 0.167 e. The number of carbonyl (C=O) groups excluding carboxylic acids is 1. The largest absolute Gasteiger partial charge is 0.390 e. The first-order chi connectivity index (χ1) is 29.9. The van der Waals surface area contributed by atoms with Crippen LogP contribution in [0.4, 0.5) is 0 Å². The monoisotopic (exact) mass is 861 g/mol.